The van der Waals surface area contributed by atoms with E-state index in [4.69, 9.17) is 9.47 Å². The van der Waals surface area contributed by atoms with Crippen LogP contribution in [0.15, 0.2) is 66.7 Å². The van der Waals surface area contributed by atoms with Gasteiger partial charge in [0.25, 0.3) is 0 Å². The number of carbonyl (C=O) groups is 1. The molecule has 0 radical (unpaired) electrons. The first-order chi connectivity index (χ1) is 11.0. The highest BCUT2D eigenvalue weighted by Crippen LogP contribution is 2.27. The van der Waals surface area contributed by atoms with Gasteiger partial charge in [-0.05, 0) is 36.6 Å². The van der Waals surface area contributed by atoms with Crippen molar-refractivity contribution in [3.8, 4) is 11.5 Å². The molecule has 0 aliphatic carbocycles. The summed E-state index contributed by atoms with van der Waals surface area (Å²) in [5, 5.41) is 0. The summed E-state index contributed by atoms with van der Waals surface area (Å²) < 4.78 is 11.2. The Kier molecular flexibility index (Phi) is 5.58. The second kappa shape index (κ2) is 7.63. The highest BCUT2D eigenvalue weighted by Gasteiger charge is 2.20. The van der Waals surface area contributed by atoms with Gasteiger partial charge in [-0.25, -0.2) is 4.79 Å². The molecule has 1 unspecified atom stereocenters. The van der Waals surface area contributed by atoms with Gasteiger partial charge in [-0.2, -0.15) is 0 Å². The van der Waals surface area contributed by atoms with E-state index in [1.54, 1.807) is 13.0 Å². The zero-order chi connectivity index (χ0) is 16.8. The van der Waals surface area contributed by atoms with E-state index >= 15 is 0 Å². The molecule has 0 saturated carbocycles. The Morgan fingerprint density at radius 3 is 2.22 bits per heavy atom. The van der Waals surface area contributed by atoms with Gasteiger partial charge in [-0.1, -0.05) is 56.8 Å². The van der Waals surface area contributed by atoms with Crippen LogP contribution in [0.1, 0.15) is 32.3 Å². The highest BCUT2D eigenvalue weighted by molar-refractivity contribution is 5.90. The lowest BCUT2D eigenvalue weighted by atomic mass is 10.0. The van der Waals surface area contributed by atoms with Crippen LogP contribution in [0.5, 0.6) is 11.5 Å². The maximum atomic E-state index is 12.3. The summed E-state index contributed by atoms with van der Waals surface area (Å²) in [5.74, 6) is 1.06. The Labute approximate surface area is 137 Å². The minimum absolute atomic E-state index is 0.269. The molecule has 3 nitrogen and oxygen atoms in total. The van der Waals surface area contributed by atoms with Crippen molar-refractivity contribution in [3.05, 3.63) is 72.3 Å². The van der Waals surface area contributed by atoms with E-state index in [-0.39, 0.29) is 11.5 Å². The summed E-state index contributed by atoms with van der Waals surface area (Å²) in [6, 6.07) is 16.9. The standard InChI is InChI=1S/C20H22O3/c1-14(2)18-12-8-9-13-19(18)23-20(21)15(3)16(4)22-17-10-6-5-7-11-17/h5-14,16H,3H2,1-2,4H3. The fourth-order valence-corrected chi connectivity index (χ4v) is 2.16. The molecule has 0 aromatic heterocycles. The Morgan fingerprint density at radius 1 is 0.957 bits per heavy atom. The minimum atomic E-state index is -0.471. The van der Waals surface area contributed by atoms with Gasteiger partial charge in [0, 0.05) is 0 Å². The molecule has 120 valence electrons. The molecule has 0 N–H and O–H groups in total. The fraction of sp³-hybridized carbons (Fsp3) is 0.250. The first kappa shape index (κ1) is 16.8. The first-order valence-corrected chi connectivity index (χ1v) is 7.70. The van der Waals surface area contributed by atoms with Crippen LogP contribution in [-0.2, 0) is 4.79 Å². The number of rotatable bonds is 6. The van der Waals surface area contributed by atoms with Crippen LogP contribution in [0, 0.1) is 0 Å². The number of benzene rings is 2. The van der Waals surface area contributed by atoms with Gasteiger partial charge < -0.3 is 9.47 Å². The van der Waals surface area contributed by atoms with Crippen molar-refractivity contribution in [1.29, 1.82) is 0 Å². The Bertz CT molecular complexity index is 674. The van der Waals surface area contributed by atoms with Crippen molar-refractivity contribution < 1.29 is 14.3 Å². The molecule has 0 spiro atoms. The molecular weight excluding hydrogens is 288 g/mol. The number of ether oxygens (including phenoxy) is 2. The molecular formula is C20H22O3. The summed E-state index contributed by atoms with van der Waals surface area (Å²) in [5.41, 5.74) is 1.28. The van der Waals surface area contributed by atoms with Crippen molar-refractivity contribution in [2.24, 2.45) is 0 Å². The van der Waals surface area contributed by atoms with Gasteiger partial charge in [0.05, 0.1) is 5.57 Å². The quantitative estimate of drug-likeness (QED) is 0.439. The third-order valence-corrected chi connectivity index (χ3v) is 3.55. The molecule has 3 heteroatoms. The van der Waals surface area contributed by atoms with Gasteiger partial charge >= 0.3 is 5.97 Å². The van der Waals surface area contributed by atoms with Gasteiger partial charge in [0.1, 0.15) is 17.6 Å². The molecule has 23 heavy (non-hydrogen) atoms. The largest absolute Gasteiger partial charge is 0.486 e. The molecule has 0 heterocycles. The molecule has 2 aromatic carbocycles. The van der Waals surface area contributed by atoms with Crippen molar-refractivity contribution >= 4 is 5.97 Å². The van der Waals surface area contributed by atoms with Crippen molar-refractivity contribution in [2.45, 2.75) is 32.8 Å². The molecule has 2 rings (SSSR count). The van der Waals surface area contributed by atoms with E-state index in [9.17, 15) is 4.79 Å². The second-order valence-electron chi connectivity index (χ2n) is 5.68. The van der Waals surface area contributed by atoms with E-state index in [0.29, 0.717) is 11.5 Å². The molecule has 0 bridgehead atoms. The lowest BCUT2D eigenvalue weighted by Crippen LogP contribution is -2.24. The zero-order valence-electron chi connectivity index (χ0n) is 13.8. The van der Waals surface area contributed by atoms with E-state index in [1.807, 2.05) is 48.5 Å². The van der Waals surface area contributed by atoms with E-state index < -0.39 is 12.1 Å². The number of hydrogen-bond acceptors (Lipinski definition) is 3. The fourth-order valence-electron chi connectivity index (χ4n) is 2.16. The molecule has 0 aliphatic rings. The number of carbonyl (C=O) groups excluding carboxylic acids is 1. The van der Waals surface area contributed by atoms with Crippen molar-refractivity contribution in [2.75, 3.05) is 0 Å². The molecule has 1 atom stereocenters. The predicted octanol–water partition coefficient (Wildman–Crippen LogP) is 4.74. The number of esters is 1. The van der Waals surface area contributed by atoms with Crippen molar-refractivity contribution in [3.63, 3.8) is 0 Å². The van der Waals surface area contributed by atoms with E-state index in [0.717, 1.165) is 5.56 Å². The molecule has 0 amide bonds. The Hall–Kier alpha value is -2.55. The van der Waals surface area contributed by atoms with Gasteiger partial charge in [-0.3, -0.25) is 0 Å². The highest BCUT2D eigenvalue weighted by atomic mass is 16.5. The maximum Gasteiger partial charge on any atom is 0.342 e. The maximum absolute atomic E-state index is 12.3. The summed E-state index contributed by atoms with van der Waals surface area (Å²) in [6.45, 7) is 9.72. The van der Waals surface area contributed by atoms with Crippen LogP contribution in [0.2, 0.25) is 0 Å². The number of hydrogen-bond donors (Lipinski definition) is 0. The normalized spacial score (nSPS) is 11.8. The Morgan fingerprint density at radius 2 is 1.57 bits per heavy atom. The van der Waals surface area contributed by atoms with Crippen LogP contribution >= 0.6 is 0 Å². The zero-order valence-corrected chi connectivity index (χ0v) is 13.8. The average molecular weight is 310 g/mol. The molecule has 0 aliphatic heterocycles. The SMILES string of the molecule is C=C(C(=O)Oc1ccccc1C(C)C)C(C)Oc1ccccc1. The van der Waals surface area contributed by atoms with Crippen LogP contribution in [-0.4, -0.2) is 12.1 Å². The lowest BCUT2D eigenvalue weighted by Gasteiger charge is -2.17. The van der Waals surface area contributed by atoms with Crippen LogP contribution in [0.4, 0.5) is 0 Å². The van der Waals surface area contributed by atoms with Gasteiger partial charge in [0.2, 0.25) is 0 Å². The Balaban J connectivity index is 2.04. The summed E-state index contributed by atoms with van der Waals surface area (Å²) >= 11 is 0. The van der Waals surface area contributed by atoms with Crippen LogP contribution in [0.3, 0.4) is 0 Å². The summed E-state index contributed by atoms with van der Waals surface area (Å²) in [4.78, 5) is 12.3. The van der Waals surface area contributed by atoms with Crippen LogP contribution < -0.4 is 9.47 Å². The monoisotopic (exact) mass is 310 g/mol. The number of para-hydroxylation sites is 2. The van der Waals surface area contributed by atoms with E-state index in [2.05, 4.69) is 20.4 Å². The third-order valence-electron chi connectivity index (χ3n) is 3.55. The summed E-state index contributed by atoms with van der Waals surface area (Å²) in [7, 11) is 0. The van der Waals surface area contributed by atoms with E-state index in [1.165, 1.54) is 0 Å². The van der Waals surface area contributed by atoms with Gasteiger partial charge in [0.15, 0.2) is 0 Å². The summed E-state index contributed by atoms with van der Waals surface area (Å²) in [6.07, 6.45) is -0.462. The topological polar surface area (TPSA) is 35.5 Å². The smallest absolute Gasteiger partial charge is 0.342 e. The lowest BCUT2D eigenvalue weighted by molar-refractivity contribution is -0.131. The molecule has 2 aromatic rings. The second-order valence-corrected chi connectivity index (χ2v) is 5.68. The average Bonchev–Trinajstić information content (AvgIpc) is 2.55. The minimum Gasteiger partial charge on any atom is -0.486 e. The predicted molar refractivity (Wildman–Crippen MR) is 91.8 cm³/mol. The van der Waals surface area contributed by atoms with Crippen LogP contribution in [0.25, 0.3) is 0 Å². The first-order valence-electron chi connectivity index (χ1n) is 7.70. The van der Waals surface area contributed by atoms with Crippen molar-refractivity contribution in [1.82, 2.24) is 0 Å². The molecule has 0 saturated heterocycles. The third kappa shape index (κ3) is 4.46. The van der Waals surface area contributed by atoms with Gasteiger partial charge in [-0.15, -0.1) is 0 Å². The molecule has 0 fully saturated rings.